The van der Waals surface area contributed by atoms with Gasteiger partial charge in [-0.2, -0.15) is 0 Å². The Labute approximate surface area is 171 Å². The second-order valence-electron chi connectivity index (χ2n) is 7.12. The highest BCUT2D eigenvalue weighted by molar-refractivity contribution is 6.06. The monoisotopic (exact) mass is 408 g/mol. The predicted octanol–water partition coefficient (Wildman–Crippen LogP) is 3.29. The molecule has 0 radical (unpaired) electrons. The number of non-ortho nitro benzene ring substituents is 1. The average molecular weight is 408 g/mol. The van der Waals surface area contributed by atoms with E-state index < -0.39 is 10.8 Å². The van der Waals surface area contributed by atoms with Crippen molar-refractivity contribution in [2.75, 3.05) is 12.4 Å². The van der Waals surface area contributed by atoms with Crippen LogP contribution in [0.4, 0.5) is 11.4 Å². The Bertz CT molecular complexity index is 1220. The minimum atomic E-state index is -0.547. The van der Waals surface area contributed by atoms with Crippen molar-refractivity contribution in [1.82, 2.24) is 9.55 Å². The molecular formula is C21H20N4O5. The topological polar surface area (TPSA) is 116 Å². The van der Waals surface area contributed by atoms with Gasteiger partial charge in [0.1, 0.15) is 11.6 Å². The molecule has 9 heteroatoms. The van der Waals surface area contributed by atoms with Crippen LogP contribution < -0.4 is 15.6 Å². The number of rotatable bonds is 4. The number of carbonyl (C=O) groups is 1. The third-order valence-corrected chi connectivity index (χ3v) is 5.22. The smallest absolute Gasteiger partial charge is 0.271 e. The molecule has 1 aliphatic rings. The highest BCUT2D eigenvalue weighted by Gasteiger charge is 2.17. The van der Waals surface area contributed by atoms with Crippen LogP contribution >= 0.6 is 0 Å². The van der Waals surface area contributed by atoms with Gasteiger partial charge >= 0.3 is 0 Å². The van der Waals surface area contributed by atoms with Gasteiger partial charge in [0.15, 0.2) is 0 Å². The number of hydrogen-bond acceptors (Lipinski definition) is 6. The molecule has 0 fully saturated rings. The van der Waals surface area contributed by atoms with Crippen molar-refractivity contribution in [3.05, 3.63) is 68.3 Å². The van der Waals surface area contributed by atoms with E-state index in [0.29, 0.717) is 28.8 Å². The van der Waals surface area contributed by atoms with Gasteiger partial charge in [-0.1, -0.05) is 6.42 Å². The number of fused-ring (bicyclic) bond motifs is 2. The minimum absolute atomic E-state index is 0.0933. The second kappa shape index (κ2) is 7.94. The third kappa shape index (κ3) is 3.61. The van der Waals surface area contributed by atoms with Crippen LogP contribution in [-0.4, -0.2) is 27.5 Å². The molecule has 0 saturated carbocycles. The Morgan fingerprint density at radius 1 is 1.20 bits per heavy atom. The number of amides is 1. The van der Waals surface area contributed by atoms with E-state index in [9.17, 15) is 19.7 Å². The van der Waals surface area contributed by atoms with Gasteiger partial charge in [0.2, 0.25) is 0 Å². The molecule has 2 heterocycles. The van der Waals surface area contributed by atoms with Crippen molar-refractivity contribution in [2.24, 2.45) is 0 Å². The summed E-state index contributed by atoms with van der Waals surface area (Å²) in [6.07, 6.45) is 3.71. The van der Waals surface area contributed by atoms with Crippen LogP contribution in [0.2, 0.25) is 0 Å². The summed E-state index contributed by atoms with van der Waals surface area (Å²) < 4.78 is 6.91. The van der Waals surface area contributed by atoms with Gasteiger partial charge in [0.05, 0.1) is 28.6 Å². The average Bonchev–Trinajstić information content (AvgIpc) is 2.99. The van der Waals surface area contributed by atoms with Crippen LogP contribution in [0.25, 0.3) is 10.9 Å². The van der Waals surface area contributed by atoms with Crippen molar-refractivity contribution >= 4 is 28.2 Å². The van der Waals surface area contributed by atoms with E-state index >= 15 is 0 Å². The predicted molar refractivity (Wildman–Crippen MR) is 111 cm³/mol. The number of anilines is 1. The van der Waals surface area contributed by atoms with Crippen LogP contribution in [0.15, 0.2) is 41.2 Å². The first-order valence-electron chi connectivity index (χ1n) is 9.65. The number of aromatic nitrogens is 2. The molecule has 3 aromatic rings. The molecule has 1 aliphatic heterocycles. The van der Waals surface area contributed by atoms with Gasteiger partial charge in [-0.25, -0.2) is 4.98 Å². The summed E-state index contributed by atoms with van der Waals surface area (Å²) >= 11 is 0. The van der Waals surface area contributed by atoms with Crippen LogP contribution in [0.1, 0.15) is 35.4 Å². The maximum atomic E-state index is 12.8. The Morgan fingerprint density at radius 2 is 2.03 bits per heavy atom. The molecule has 1 amide bonds. The second-order valence-corrected chi connectivity index (χ2v) is 7.12. The number of methoxy groups -OCH3 is 1. The molecule has 2 aromatic carbocycles. The van der Waals surface area contributed by atoms with E-state index in [2.05, 4.69) is 10.3 Å². The highest BCUT2D eigenvalue weighted by atomic mass is 16.6. The molecule has 1 aromatic heterocycles. The Morgan fingerprint density at radius 3 is 2.80 bits per heavy atom. The number of benzene rings is 2. The molecule has 4 rings (SSSR count). The van der Waals surface area contributed by atoms with Crippen molar-refractivity contribution < 1.29 is 14.5 Å². The summed E-state index contributed by atoms with van der Waals surface area (Å²) in [5.41, 5.74) is 0.686. The largest absolute Gasteiger partial charge is 0.495 e. The van der Waals surface area contributed by atoms with E-state index in [4.69, 9.17) is 4.74 Å². The van der Waals surface area contributed by atoms with E-state index in [-0.39, 0.29) is 16.9 Å². The number of nitrogens with one attached hydrogen (secondary N) is 1. The molecule has 0 atom stereocenters. The van der Waals surface area contributed by atoms with Crippen molar-refractivity contribution in [3.8, 4) is 5.75 Å². The summed E-state index contributed by atoms with van der Waals surface area (Å²) in [6.45, 7) is 0.659. The van der Waals surface area contributed by atoms with Gasteiger partial charge in [0, 0.05) is 30.7 Å². The third-order valence-electron chi connectivity index (χ3n) is 5.22. The fraction of sp³-hybridized carbons (Fsp3) is 0.286. The summed E-state index contributed by atoms with van der Waals surface area (Å²) in [5.74, 6) is 0.562. The first-order valence-corrected chi connectivity index (χ1v) is 9.65. The molecular weight excluding hydrogens is 388 g/mol. The van der Waals surface area contributed by atoms with Gasteiger partial charge in [-0.3, -0.25) is 24.3 Å². The van der Waals surface area contributed by atoms with Gasteiger partial charge in [-0.15, -0.1) is 0 Å². The summed E-state index contributed by atoms with van der Waals surface area (Å²) in [5, 5.41) is 14.1. The molecule has 1 N–H and O–H groups in total. The lowest BCUT2D eigenvalue weighted by Gasteiger charge is -2.12. The molecule has 30 heavy (non-hydrogen) atoms. The van der Waals surface area contributed by atoms with E-state index in [1.54, 1.807) is 22.8 Å². The summed E-state index contributed by atoms with van der Waals surface area (Å²) in [7, 11) is 1.41. The molecule has 0 aliphatic carbocycles. The maximum Gasteiger partial charge on any atom is 0.271 e. The maximum absolute atomic E-state index is 12.8. The lowest BCUT2D eigenvalue weighted by atomic mass is 10.1. The summed E-state index contributed by atoms with van der Waals surface area (Å²) in [4.78, 5) is 40.7. The molecule has 154 valence electrons. The van der Waals surface area contributed by atoms with Crippen LogP contribution in [-0.2, 0) is 13.0 Å². The molecule has 0 saturated heterocycles. The standard InChI is InChI=1S/C21H20N4O5/c1-30-18-9-7-14(25(28)29)12-17(18)23-20(26)13-6-8-15-16(11-13)22-19-5-3-2-4-10-24(19)21(15)27/h6-9,11-12H,2-5,10H2,1H3,(H,23,26). The lowest BCUT2D eigenvalue weighted by molar-refractivity contribution is -0.384. The highest BCUT2D eigenvalue weighted by Crippen LogP contribution is 2.29. The zero-order valence-electron chi connectivity index (χ0n) is 16.4. The number of hydrogen-bond donors (Lipinski definition) is 1. The number of nitro benzene ring substituents is 1. The van der Waals surface area contributed by atoms with E-state index in [0.717, 1.165) is 31.5 Å². The zero-order chi connectivity index (χ0) is 21.3. The number of nitrogens with zero attached hydrogens (tertiary/aromatic N) is 3. The van der Waals surface area contributed by atoms with Crippen molar-refractivity contribution in [1.29, 1.82) is 0 Å². The van der Waals surface area contributed by atoms with Gasteiger partial charge in [-0.05, 0) is 37.1 Å². The van der Waals surface area contributed by atoms with Crippen molar-refractivity contribution in [3.63, 3.8) is 0 Å². The fourth-order valence-corrected chi connectivity index (χ4v) is 3.66. The Balaban J connectivity index is 1.70. The first-order chi connectivity index (χ1) is 14.5. The normalized spacial score (nSPS) is 13.4. The van der Waals surface area contributed by atoms with Crippen molar-refractivity contribution in [2.45, 2.75) is 32.2 Å². The van der Waals surface area contributed by atoms with E-state index in [1.165, 1.54) is 25.3 Å². The number of ether oxygens (including phenoxy) is 1. The van der Waals surface area contributed by atoms with Gasteiger partial charge < -0.3 is 10.1 Å². The fourth-order valence-electron chi connectivity index (χ4n) is 3.66. The molecule has 0 spiro atoms. The number of nitro groups is 1. The summed E-state index contributed by atoms with van der Waals surface area (Å²) in [6, 6.07) is 8.68. The molecule has 0 bridgehead atoms. The quantitative estimate of drug-likeness (QED) is 0.523. The number of carbonyl (C=O) groups excluding carboxylic acids is 1. The van der Waals surface area contributed by atoms with Crippen LogP contribution in [0.3, 0.4) is 0 Å². The van der Waals surface area contributed by atoms with E-state index in [1.807, 2.05) is 0 Å². The SMILES string of the molecule is COc1ccc([N+](=O)[O-])cc1NC(=O)c1ccc2c(=O)n3c(nc2c1)CCCCC3. The number of aryl methyl sites for hydroxylation is 1. The lowest BCUT2D eigenvalue weighted by Crippen LogP contribution is -2.24. The zero-order valence-corrected chi connectivity index (χ0v) is 16.4. The minimum Gasteiger partial charge on any atom is -0.495 e. The van der Waals surface area contributed by atoms with Gasteiger partial charge in [0.25, 0.3) is 17.2 Å². The van der Waals surface area contributed by atoms with Crippen LogP contribution in [0.5, 0.6) is 5.75 Å². The van der Waals surface area contributed by atoms with Crippen LogP contribution in [0, 0.1) is 10.1 Å². The Kier molecular flexibility index (Phi) is 5.18. The first kappa shape index (κ1) is 19.6. The Hall–Kier alpha value is -3.75. The molecule has 9 nitrogen and oxygen atoms in total. The molecule has 0 unspecified atom stereocenters.